The van der Waals surface area contributed by atoms with E-state index in [4.69, 9.17) is 11.5 Å². The van der Waals surface area contributed by atoms with Crippen LogP contribution in [0, 0.1) is 13.8 Å². The highest BCUT2D eigenvalue weighted by Crippen LogP contribution is 2.41. The van der Waals surface area contributed by atoms with E-state index in [0.29, 0.717) is 11.1 Å². The van der Waals surface area contributed by atoms with Crippen LogP contribution in [0.25, 0.3) is 0 Å². The zero-order chi connectivity index (χ0) is 34.1. The number of anilines is 6. The molecule has 0 heterocycles. The number of carbonyl (C=O) groups is 2. The molecule has 1 aliphatic carbocycles. The molecule has 4 aromatic carbocycles. The molecule has 9 N–H and O–H groups in total. The second-order valence-corrected chi connectivity index (χ2v) is 14.6. The predicted octanol–water partition coefficient (Wildman–Crippen LogP) is 3.47. The van der Waals surface area contributed by atoms with Gasteiger partial charge in [0.15, 0.2) is 11.6 Å². The molecule has 0 fully saturated rings. The van der Waals surface area contributed by atoms with Crippen LogP contribution >= 0.6 is 0 Å². The minimum atomic E-state index is -4.78. The number of carbonyl (C=O) groups excluding carboxylic acids is 2. The van der Waals surface area contributed by atoms with Crippen molar-refractivity contribution in [3.63, 3.8) is 0 Å². The highest BCUT2D eigenvalue weighted by molar-refractivity contribution is 7.86. The summed E-state index contributed by atoms with van der Waals surface area (Å²) < 4.78 is 99.9. The van der Waals surface area contributed by atoms with Crippen molar-refractivity contribution in [3.05, 3.63) is 88.0 Å². The van der Waals surface area contributed by atoms with E-state index in [2.05, 4.69) is 10.6 Å². The molecule has 0 bridgehead atoms. The molecule has 0 spiro atoms. The number of ketones is 2. The van der Waals surface area contributed by atoms with E-state index in [0.717, 1.165) is 42.5 Å². The van der Waals surface area contributed by atoms with Crippen molar-refractivity contribution >= 4 is 76.0 Å². The van der Waals surface area contributed by atoms with Crippen molar-refractivity contribution in [2.24, 2.45) is 0 Å². The zero-order valence-corrected chi connectivity index (χ0v) is 26.1. The van der Waals surface area contributed by atoms with Crippen molar-refractivity contribution in [1.29, 1.82) is 0 Å². The first kappa shape index (κ1) is 32.5. The van der Waals surface area contributed by atoms with Crippen LogP contribution in [0.2, 0.25) is 0 Å². The molecule has 0 saturated carbocycles. The molecule has 0 aromatic heterocycles. The summed E-state index contributed by atoms with van der Waals surface area (Å²) in [4.78, 5) is 26.3. The van der Waals surface area contributed by atoms with E-state index in [9.17, 15) is 48.5 Å². The lowest BCUT2D eigenvalue weighted by Gasteiger charge is -2.25. The van der Waals surface area contributed by atoms with Crippen LogP contribution in [-0.4, -0.2) is 50.5 Å². The third kappa shape index (κ3) is 5.80. The van der Waals surface area contributed by atoms with Gasteiger partial charge in [-0.05, 0) is 79.6 Å². The molecule has 0 radical (unpaired) electrons. The van der Waals surface area contributed by atoms with Crippen LogP contribution in [0.1, 0.15) is 43.0 Å². The fourth-order valence-corrected chi connectivity index (χ4v) is 6.48. The average molecular weight is 689 g/mol. The van der Waals surface area contributed by atoms with E-state index in [1.165, 1.54) is 26.0 Å². The third-order valence-electron chi connectivity index (χ3n) is 7.41. The van der Waals surface area contributed by atoms with Gasteiger partial charge in [-0.1, -0.05) is 0 Å². The van der Waals surface area contributed by atoms with E-state index in [1.54, 1.807) is 0 Å². The predicted molar refractivity (Wildman–Crippen MR) is 167 cm³/mol. The lowest BCUT2D eigenvalue weighted by atomic mass is 9.82. The monoisotopic (exact) mass is 688 g/mol. The minimum absolute atomic E-state index is 0.0257. The van der Waals surface area contributed by atoms with Crippen molar-refractivity contribution in [2.45, 2.75) is 28.5 Å². The maximum absolute atomic E-state index is 14.0. The molecule has 15 nitrogen and oxygen atoms in total. The number of nitrogens with two attached hydrogens (primary N) is 2. The van der Waals surface area contributed by atoms with Gasteiger partial charge in [0.2, 0.25) is 0 Å². The van der Waals surface area contributed by atoms with E-state index in [1.807, 2.05) is 0 Å². The average Bonchev–Trinajstić information content (AvgIpc) is 2.94. The SMILES string of the molecule is Cc1c(N)cc(S(=O)(=O)O)cc1Nc1ccc(Nc2cc(S(=O)(=O)O)cc(N)c2C)c2c1C(=O)c1ccc(S(=O)(=O)O)cc1C2=O. The number of hydrogen-bond acceptors (Lipinski definition) is 12. The molecule has 0 atom stereocenters. The first-order valence-electron chi connectivity index (χ1n) is 12.9. The summed E-state index contributed by atoms with van der Waals surface area (Å²) in [7, 11) is -14.2. The van der Waals surface area contributed by atoms with Gasteiger partial charge in [0, 0.05) is 33.9 Å². The molecular weight excluding hydrogens is 665 g/mol. The Morgan fingerprint density at radius 2 is 0.913 bits per heavy atom. The van der Waals surface area contributed by atoms with Crippen LogP contribution < -0.4 is 22.1 Å². The molecule has 1 aliphatic rings. The molecule has 4 aromatic rings. The Kier molecular flexibility index (Phi) is 7.71. The molecule has 0 amide bonds. The van der Waals surface area contributed by atoms with Gasteiger partial charge in [0.1, 0.15) is 0 Å². The maximum Gasteiger partial charge on any atom is 0.294 e. The summed E-state index contributed by atoms with van der Waals surface area (Å²) >= 11 is 0. The van der Waals surface area contributed by atoms with Crippen LogP contribution in [-0.2, 0) is 30.4 Å². The summed E-state index contributed by atoms with van der Waals surface area (Å²) in [5.41, 5.74) is 11.3. The number of nitrogen functional groups attached to an aromatic ring is 2. The lowest BCUT2D eigenvalue weighted by molar-refractivity contribution is 0.0980. The normalized spacial score (nSPS) is 13.2. The van der Waals surface area contributed by atoms with Crippen molar-refractivity contribution in [1.82, 2.24) is 0 Å². The van der Waals surface area contributed by atoms with E-state index < -0.39 is 56.6 Å². The van der Waals surface area contributed by atoms with E-state index >= 15 is 0 Å². The Morgan fingerprint density at radius 1 is 0.522 bits per heavy atom. The Balaban J connectivity index is 1.77. The topological polar surface area (TPSA) is 273 Å². The van der Waals surface area contributed by atoms with Crippen LogP contribution in [0.5, 0.6) is 0 Å². The highest BCUT2D eigenvalue weighted by atomic mass is 32.2. The third-order valence-corrected chi connectivity index (χ3v) is 9.93. The van der Waals surface area contributed by atoms with E-state index in [-0.39, 0.29) is 56.4 Å². The van der Waals surface area contributed by atoms with Crippen molar-refractivity contribution in [2.75, 3.05) is 22.1 Å². The molecule has 46 heavy (non-hydrogen) atoms. The van der Waals surface area contributed by atoms with Gasteiger partial charge in [-0.25, -0.2) is 0 Å². The second-order valence-electron chi connectivity index (χ2n) is 10.3. The molecule has 240 valence electrons. The van der Waals surface area contributed by atoms with Gasteiger partial charge in [0.05, 0.1) is 37.2 Å². The van der Waals surface area contributed by atoms with Crippen LogP contribution in [0.3, 0.4) is 0 Å². The van der Waals surface area contributed by atoms with Gasteiger partial charge >= 0.3 is 0 Å². The number of nitrogens with one attached hydrogen (secondary N) is 2. The standard InChI is InChI=1S/C28H24N4O11S3/c1-12-19(29)8-15(45(38,39)40)10-23(12)31-21-5-6-22(32-24-11-16(46(41,42)43)9-20(30)13(24)2)26-25(21)27(33)17-4-3-14(44(35,36)37)7-18(17)28(26)34/h3-11,31-32H,29-30H2,1-2H3,(H,35,36,37)(H,38,39,40)(H,41,42,43). The Bertz CT molecular complexity index is 2370. The van der Waals surface area contributed by atoms with Gasteiger partial charge in [-0.15, -0.1) is 0 Å². The minimum Gasteiger partial charge on any atom is -0.398 e. The Hall–Kier alpha value is -4.85. The second kappa shape index (κ2) is 10.9. The molecular formula is C28H24N4O11S3. The highest BCUT2D eigenvalue weighted by Gasteiger charge is 2.35. The number of benzene rings is 4. The number of hydrogen-bond donors (Lipinski definition) is 7. The van der Waals surface area contributed by atoms with Gasteiger partial charge in [0.25, 0.3) is 30.4 Å². The zero-order valence-electron chi connectivity index (χ0n) is 23.7. The molecule has 0 aliphatic heterocycles. The first-order chi connectivity index (χ1) is 21.2. The Labute approximate surface area is 262 Å². The largest absolute Gasteiger partial charge is 0.398 e. The molecule has 5 rings (SSSR count). The van der Waals surface area contributed by atoms with Crippen LogP contribution in [0.15, 0.2) is 69.3 Å². The summed E-state index contributed by atoms with van der Waals surface area (Å²) in [6.45, 7) is 3.05. The summed E-state index contributed by atoms with van der Waals surface area (Å²) in [6, 6.07) is 9.66. The number of rotatable bonds is 7. The smallest absolute Gasteiger partial charge is 0.294 e. The maximum atomic E-state index is 14.0. The van der Waals surface area contributed by atoms with Gasteiger partial charge in [-0.2, -0.15) is 25.3 Å². The summed E-state index contributed by atoms with van der Waals surface area (Å²) in [5, 5.41) is 5.75. The molecule has 18 heteroatoms. The summed E-state index contributed by atoms with van der Waals surface area (Å²) in [6.07, 6.45) is 0. The van der Waals surface area contributed by atoms with Gasteiger partial charge < -0.3 is 22.1 Å². The fourth-order valence-electron chi connectivity index (χ4n) is 4.89. The van der Waals surface area contributed by atoms with Gasteiger partial charge in [-0.3, -0.25) is 23.2 Å². The first-order valence-corrected chi connectivity index (χ1v) is 17.2. The van der Waals surface area contributed by atoms with Crippen LogP contribution in [0.4, 0.5) is 34.1 Å². The molecule has 0 saturated heterocycles. The summed E-state index contributed by atoms with van der Waals surface area (Å²) in [5.74, 6) is -1.65. The lowest BCUT2D eigenvalue weighted by Crippen LogP contribution is -2.24. The Morgan fingerprint density at radius 3 is 1.30 bits per heavy atom. The number of fused-ring (bicyclic) bond motifs is 2. The van der Waals surface area contributed by atoms with Crippen molar-refractivity contribution < 1.29 is 48.5 Å². The quantitative estimate of drug-likeness (QED) is 0.0952. The van der Waals surface area contributed by atoms with Crippen molar-refractivity contribution in [3.8, 4) is 0 Å². The molecule has 0 unspecified atom stereocenters. The fraction of sp³-hybridized carbons (Fsp3) is 0.0714.